The zero-order valence-electron chi connectivity index (χ0n) is 7.29. The van der Waals surface area contributed by atoms with E-state index in [4.69, 9.17) is 0 Å². The predicted molar refractivity (Wildman–Crippen MR) is 52.6 cm³/mol. The number of rotatable bonds is 1. The van der Waals surface area contributed by atoms with Gasteiger partial charge in [0.15, 0.2) is 0 Å². The van der Waals surface area contributed by atoms with Crippen LogP contribution in [-0.2, 0) is 0 Å². The maximum Gasteiger partial charge on any atom is 0.0544 e. The van der Waals surface area contributed by atoms with Crippen LogP contribution in [0.4, 0.5) is 0 Å². The molecule has 1 fully saturated rings. The molecule has 0 aromatic carbocycles. The van der Waals surface area contributed by atoms with E-state index < -0.39 is 0 Å². The standard InChI is InChI=1S/C9H14N2S/c1-11-5-4-10-8(7-11)9-3-2-6-12-9/h2-3,6,8,10H,4-5,7H2,1H3/t8-/m1/s1. The van der Waals surface area contributed by atoms with Crippen LogP contribution in [0.25, 0.3) is 0 Å². The molecule has 0 bridgehead atoms. The molecule has 1 atom stereocenters. The van der Waals surface area contributed by atoms with E-state index in [1.165, 1.54) is 11.4 Å². The minimum atomic E-state index is 0.559. The molecule has 0 unspecified atom stereocenters. The van der Waals surface area contributed by atoms with Crippen molar-refractivity contribution >= 4 is 11.3 Å². The molecule has 1 saturated heterocycles. The second kappa shape index (κ2) is 3.56. The summed E-state index contributed by atoms with van der Waals surface area (Å²) in [5.41, 5.74) is 0. The van der Waals surface area contributed by atoms with Crippen LogP contribution in [0.2, 0.25) is 0 Å². The van der Waals surface area contributed by atoms with Crippen molar-refractivity contribution in [2.75, 3.05) is 26.7 Å². The van der Waals surface area contributed by atoms with Crippen LogP contribution in [0.5, 0.6) is 0 Å². The van der Waals surface area contributed by atoms with E-state index in [9.17, 15) is 0 Å². The van der Waals surface area contributed by atoms with Gasteiger partial charge in [-0.05, 0) is 18.5 Å². The van der Waals surface area contributed by atoms with Crippen LogP contribution in [-0.4, -0.2) is 31.6 Å². The summed E-state index contributed by atoms with van der Waals surface area (Å²) in [5, 5.41) is 5.67. The number of nitrogens with one attached hydrogen (secondary N) is 1. The van der Waals surface area contributed by atoms with Crippen molar-refractivity contribution in [3.8, 4) is 0 Å². The van der Waals surface area contributed by atoms with Gasteiger partial charge in [0.2, 0.25) is 0 Å². The lowest BCUT2D eigenvalue weighted by molar-refractivity contribution is 0.243. The van der Waals surface area contributed by atoms with Gasteiger partial charge in [-0.1, -0.05) is 6.07 Å². The van der Waals surface area contributed by atoms with Gasteiger partial charge in [0.1, 0.15) is 0 Å². The molecule has 0 spiro atoms. The number of piperazine rings is 1. The first kappa shape index (κ1) is 8.23. The third-order valence-corrected chi connectivity index (χ3v) is 3.25. The fraction of sp³-hybridized carbons (Fsp3) is 0.556. The Kier molecular flexibility index (Phi) is 2.44. The number of hydrogen-bond donors (Lipinski definition) is 1. The first-order chi connectivity index (χ1) is 5.86. The molecule has 1 aliphatic heterocycles. The van der Waals surface area contributed by atoms with Gasteiger partial charge in [-0.2, -0.15) is 0 Å². The summed E-state index contributed by atoms with van der Waals surface area (Å²) in [6.07, 6.45) is 0. The molecule has 1 aliphatic rings. The molecule has 2 nitrogen and oxygen atoms in total. The van der Waals surface area contributed by atoms with E-state index in [1.54, 1.807) is 0 Å². The Bertz CT molecular complexity index is 233. The van der Waals surface area contributed by atoms with E-state index in [2.05, 4.69) is 34.8 Å². The smallest absolute Gasteiger partial charge is 0.0544 e. The first-order valence-corrected chi connectivity index (χ1v) is 5.19. The van der Waals surface area contributed by atoms with Crippen LogP contribution < -0.4 is 5.32 Å². The summed E-state index contributed by atoms with van der Waals surface area (Å²) in [6.45, 7) is 3.42. The summed E-state index contributed by atoms with van der Waals surface area (Å²) >= 11 is 1.84. The Hall–Kier alpha value is -0.380. The van der Waals surface area contributed by atoms with Crippen molar-refractivity contribution in [1.29, 1.82) is 0 Å². The summed E-state index contributed by atoms with van der Waals surface area (Å²) in [7, 11) is 2.18. The van der Waals surface area contributed by atoms with E-state index in [0.29, 0.717) is 6.04 Å². The van der Waals surface area contributed by atoms with Gasteiger partial charge in [-0.3, -0.25) is 0 Å². The van der Waals surface area contributed by atoms with Crippen LogP contribution in [0.15, 0.2) is 17.5 Å². The highest BCUT2D eigenvalue weighted by atomic mass is 32.1. The SMILES string of the molecule is CN1CCN[C@@H](c2cccs2)C1. The topological polar surface area (TPSA) is 15.3 Å². The molecule has 12 heavy (non-hydrogen) atoms. The maximum atomic E-state index is 3.52. The molecule has 0 amide bonds. The highest BCUT2D eigenvalue weighted by molar-refractivity contribution is 7.10. The fourth-order valence-corrected chi connectivity index (χ4v) is 2.37. The number of nitrogens with zero attached hydrogens (tertiary/aromatic N) is 1. The van der Waals surface area contributed by atoms with Crippen molar-refractivity contribution < 1.29 is 0 Å². The number of likely N-dealkylation sites (N-methyl/N-ethyl adjacent to an activating group) is 1. The van der Waals surface area contributed by atoms with Gasteiger partial charge < -0.3 is 10.2 Å². The van der Waals surface area contributed by atoms with Crippen LogP contribution in [0, 0.1) is 0 Å². The average molecular weight is 182 g/mol. The minimum absolute atomic E-state index is 0.559. The predicted octanol–water partition coefficient (Wildman–Crippen LogP) is 1.32. The van der Waals surface area contributed by atoms with Gasteiger partial charge in [-0.25, -0.2) is 0 Å². The quantitative estimate of drug-likeness (QED) is 0.705. The summed E-state index contributed by atoms with van der Waals surface area (Å²) in [6, 6.07) is 4.89. The normalized spacial score (nSPS) is 25.9. The van der Waals surface area contributed by atoms with Crippen LogP contribution >= 0.6 is 11.3 Å². The Morgan fingerprint density at radius 3 is 3.25 bits per heavy atom. The summed E-state index contributed by atoms with van der Waals surface area (Å²) in [5.74, 6) is 0. The van der Waals surface area contributed by atoms with E-state index in [0.717, 1.165) is 13.1 Å². The summed E-state index contributed by atoms with van der Waals surface area (Å²) < 4.78 is 0. The lowest BCUT2D eigenvalue weighted by Gasteiger charge is -2.30. The molecule has 2 heterocycles. The van der Waals surface area contributed by atoms with Crippen molar-refractivity contribution in [2.24, 2.45) is 0 Å². The fourth-order valence-electron chi connectivity index (χ4n) is 1.58. The highest BCUT2D eigenvalue weighted by Crippen LogP contribution is 2.20. The van der Waals surface area contributed by atoms with Gasteiger partial charge in [0.05, 0.1) is 6.04 Å². The first-order valence-electron chi connectivity index (χ1n) is 4.31. The van der Waals surface area contributed by atoms with Gasteiger partial charge in [0, 0.05) is 24.5 Å². The monoisotopic (exact) mass is 182 g/mol. The largest absolute Gasteiger partial charge is 0.307 e. The van der Waals surface area contributed by atoms with Crippen LogP contribution in [0.3, 0.4) is 0 Å². The van der Waals surface area contributed by atoms with E-state index >= 15 is 0 Å². The van der Waals surface area contributed by atoms with Gasteiger partial charge in [-0.15, -0.1) is 11.3 Å². The van der Waals surface area contributed by atoms with Crippen molar-refractivity contribution in [2.45, 2.75) is 6.04 Å². The summed E-state index contributed by atoms with van der Waals surface area (Å²) in [4.78, 5) is 3.84. The molecule has 1 aromatic rings. The molecule has 1 aromatic heterocycles. The highest BCUT2D eigenvalue weighted by Gasteiger charge is 2.18. The Morgan fingerprint density at radius 1 is 1.67 bits per heavy atom. The zero-order valence-corrected chi connectivity index (χ0v) is 8.10. The molecule has 0 aliphatic carbocycles. The van der Waals surface area contributed by atoms with Crippen LogP contribution in [0.1, 0.15) is 10.9 Å². The molecule has 66 valence electrons. The third-order valence-electron chi connectivity index (χ3n) is 2.27. The van der Waals surface area contributed by atoms with Crippen molar-refractivity contribution in [3.63, 3.8) is 0 Å². The molecule has 0 radical (unpaired) electrons. The number of hydrogen-bond acceptors (Lipinski definition) is 3. The molecular formula is C9H14N2S. The molecular weight excluding hydrogens is 168 g/mol. The molecule has 1 N–H and O–H groups in total. The zero-order chi connectivity index (χ0) is 8.39. The molecule has 2 rings (SSSR count). The van der Waals surface area contributed by atoms with Gasteiger partial charge in [0.25, 0.3) is 0 Å². The Labute approximate surface area is 77.2 Å². The second-order valence-electron chi connectivity index (χ2n) is 3.28. The molecule has 0 saturated carbocycles. The van der Waals surface area contributed by atoms with Crippen molar-refractivity contribution in [3.05, 3.63) is 22.4 Å². The van der Waals surface area contributed by atoms with Crippen molar-refractivity contribution in [1.82, 2.24) is 10.2 Å². The number of thiophene rings is 1. The lowest BCUT2D eigenvalue weighted by Crippen LogP contribution is -2.43. The van der Waals surface area contributed by atoms with E-state index in [-0.39, 0.29) is 0 Å². The third kappa shape index (κ3) is 1.68. The minimum Gasteiger partial charge on any atom is -0.307 e. The Morgan fingerprint density at radius 2 is 2.58 bits per heavy atom. The Balaban J connectivity index is 2.04. The lowest BCUT2D eigenvalue weighted by atomic mass is 10.2. The van der Waals surface area contributed by atoms with Gasteiger partial charge >= 0.3 is 0 Å². The average Bonchev–Trinajstić information content (AvgIpc) is 2.56. The second-order valence-corrected chi connectivity index (χ2v) is 4.26. The van der Waals surface area contributed by atoms with E-state index in [1.807, 2.05) is 11.3 Å². The molecule has 3 heteroatoms. The maximum absolute atomic E-state index is 3.52.